The minimum atomic E-state index is 0.164. The average molecular weight is 317 g/mol. The third-order valence-electron chi connectivity index (χ3n) is 4.08. The van der Waals surface area contributed by atoms with E-state index in [9.17, 15) is 4.79 Å². The van der Waals surface area contributed by atoms with Crippen LogP contribution in [0.25, 0.3) is 10.9 Å². The first kappa shape index (κ1) is 15.4. The van der Waals surface area contributed by atoms with Crippen LogP contribution in [0.3, 0.4) is 0 Å². The molecule has 1 aromatic heterocycles. The highest BCUT2D eigenvalue weighted by atomic mass is 32.2. The highest BCUT2D eigenvalue weighted by Crippen LogP contribution is 2.21. The topological polar surface area (TPSA) is 39.3 Å². The van der Waals surface area contributed by atoms with Gasteiger partial charge in [-0.15, -0.1) is 0 Å². The van der Waals surface area contributed by atoms with Crippen molar-refractivity contribution in [3.05, 3.63) is 36.0 Å². The number of rotatable bonds is 3. The summed E-state index contributed by atoms with van der Waals surface area (Å²) >= 11 is 1.96. The van der Waals surface area contributed by atoms with Gasteiger partial charge < -0.3 is 14.8 Å². The summed E-state index contributed by atoms with van der Waals surface area (Å²) in [5.74, 6) is 2.33. The van der Waals surface area contributed by atoms with Crippen LogP contribution in [0.5, 0.6) is 0 Å². The van der Waals surface area contributed by atoms with E-state index in [0.717, 1.165) is 47.5 Å². The molecule has 5 heteroatoms. The summed E-state index contributed by atoms with van der Waals surface area (Å²) in [4.78, 5) is 20.4. The van der Waals surface area contributed by atoms with E-state index in [1.807, 2.05) is 42.2 Å². The molecule has 4 nitrogen and oxygen atoms in total. The number of nitrogens with zero attached hydrogens (tertiary/aromatic N) is 2. The predicted molar refractivity (Wildman–Crippen MR) is 93.6 cm³/mol. The summed E-state index contributed by atoms with van der Waals surface area (Å²) in [5.41, 5.74) is 1.87. The van der Waals surface area contributed by atoms with Gasteiger partial charge in [0.2, 0.25) is 0 Å². The molecule has 0 bridgehead atoms. The molecular formula is C17H23N3OS. The quantitative estimate of drug-likeness (QED) is 0.946. The Morgan fingerprint density at radius 2 is 2.27 bits per heavy atom. The van der Waals surface area contributed by atoms with Crippen molar-refractivity contribution >= 4 is 28.6 Å². The molecule has 1 fully saturated rings. The molecule has 1 aliphatic heterocycles. The minimum Gasteiger partial charge on any atom is -0.361 e. The van der Waals surface area contributed by atoms with Gasteiger partial charge in [0.05, 0.1) is 6.04 Å². The zero-order valence-electron chi connectivity index (χ0n) is 13.2. The van der Waals surface area contributed by atoms with Crippen LogP contribution in [0.2, 0.25) is 0 Å². The van der Waals surface area contributed by atoms with Crippen molar-refractivity contribution in [2.45, 2.75) is 12.5 Å². The van der Waals surface area contributed by atoms with Crippen LogP contribution in [0.15, 0.2) is 30.5 Å². The number of fused-ring (bicyclic) bond motifs is 1. The first-order valence-electron chi connectivity index (χ1n) is 7.76. The second-order valence-electron chi connectivity index (χ2n) is 6.12. The molecule has 1 amide bonds. The van der Waals surface area contributed by atoms with Gasteiger partial charge in [-0.1, -0.05) is 0 Å². The fourth-order valence-corrected chi connectivity index (χ4v) is 4.08. The maximum Gasteiger partial charge on any atom is 0.254 e. The van der Waals surface area contributed by atoms with Gasteiger partial charge in [-0.2, -0.15) is 11.8 Å². The molecule has 0 saturated carbocycles. The fourth-order valence-electron chi connectivity index (χ4n) is 3.02. The van der Waals surface area contributed by atoms with Gasteiger partial charge in [-0.25, -0.2) is 0 Å². The molecular weight excluding hydrogens is 294 g/mol. The summed E-state index contributed by atoms with van der Waals surface area (Å²) in [5, 5.41) is 1.10. The first-order valence-corrected chi connectivity index (χ1v) is 8.91. The van der Waals surface area contributed by atoms with Crippen molar-refractivity contribution in [1.29, 1.82) is 0 Å². The van der Waals surface area contributed by atoms with Crippen LogP contribution in [0.4, 0.5) is 0 Å². The number of carbonyl (C=O) groups is 1. The third kappa shape index (κ3) is 3.31. The lowest BCUT2D eigenvalue weighted by atomic mass is 10.1. The molecule has 2 aromatic rings. The van der Waals surface area contributed by atoms with E-state index in [1.54, 1.807) is 0 Å². The Morgan fingerprint density at radius 1 is 1.41 bits per heavy atom. The van der Waals surface area contributed by atoms with Crippen molar-refractivity contribution in [2.75, 3.05) is 38.7 Å². The van der Waals surface area contributed by atoms with Gasteiger partial charge in [-0.3, -0.25) is 4.79 Å². The van der Waals surface area contributed by atoms with Crippen LogP contribution in [-0.2, 0) is 0 Å². The molecule has 1 aromatic carbocycles. The smallest absolute Gasteiger partial charge is 0.254 e. The van der Waals surface area contributed by atoms with Crippen molar-refractivity contribution in [3.8, 4) is 0 Å². The van der Waals surface area contributed by atoms with Gasteiger partial charge >= 0.3 is 0 Å². The summed E-state index contributed by atoms with van der Waals surface area (Å²) < 4.78 is 0. The van der Waals surface area contributed by atoms with Crippen molar-refractivity contribution < 1.29 is 4.79 Å². The zero-order valence-corrected chi connectivity index (χ0v) is 14.0. The van der Waals surface area contributed by atoms with Crippen molar-refractivity contribution in [3.63, 3.8) is 0 Å². The molecule has 1 saturated heterocycles. The highest BCUT2D eigenvalue weighted by molar-refractivity contribution is 7.99. The number of aromatic nitrogens is 1. The molecule has 1 unspecified atom stereocenters. The van der Waals surface area contributed by atoms with Crippen LogP contribution in [-0.4, -0.2) is 65.4 Å². The van der Waals surface area contributed by atoms with Gasteiger partial charge in [0, 0.05) is 41.5 Å². The van der Waals surface area contributed by atoms with E-state index in [0.29, 0.717) is 0 Å². The lowest BCUT2D eigenvalue weighted by Gasteiger charge is -2.31. The molecule has 1 aliphatic rings. The first-order chi connectivity index (χ1) is 10.6. The summed E-state index contributed by atoms with van der Waals surface area (Å²) in [6.07, 6.45) is 2.99. The summed E-state index contributed by atoms with van der Waals surface area (Å²) in [6.45, 7) is 1.78. The van der Waals surface area contributed by atoms with Gasteiger partial charge in [0.25, 0.3) is 5.91 Å². The molecule has 1 atom stereocenters. The van der Waals surface area contributed by atoms with Crippen LogP contribution in [0, 0.1) is 0 Å². The molecule has 0 spiro atoms. The standard InChI is InChI=1S/C17H23N3OS/c1-19(2)11-15-12-22-9-3-8-20(15)17(21)14-4-5-16-13(10-14)6-7-18-16/h4-7,10,15,18H,3,8-9,11-12H2,1-2H3. The maximum atomic E-state index is 13.0. The van der Waals surface area contributed by atoms with Crippen LogP contribution in [0.1, 0.15) is 16.8 Å². The average Bonchev–Trinajstić information content (AvgIpc) is 2.85. The number of likely N-dealkylation sites (N-methyl/N-ethyl adjacent to an activating group) is 1. The van der Waals surface area contributed by atoms with Crippen LogP contribution < -0.4 is 0 Å². The number of carbonyl (C=O) groups excluding carboxylic acids is 1. The van der Waals surface area contributed by atoms with Gasteiger partial charge in [-0.05, 0) is 50.5 Å². The number of H-pyrrole nitrogens is 1. The molecule has 3 rings (SSSR count). The van der Waals surface area contributed by atoms with E-state index in [2.05, 4.69) is 28.9 Å². The molecule has 0 aliphatic carbocycles. The lowest BCUT2D eigenvalue weighted by molar-refractivity contribution is 0.0676. The summed E-state index contributed by atoms with van der Waals surface area (Å²) in [6, 6.07) is 8.24. The van der Waals surface area contributed by atoms with Crippen molar-refractivity contribution in [2.24, 2.45) is 0 Å². The summed E-state index contributed by atoms with van der Waals surface area (Å²) in [7, 11) is 4.15. The number of nitrogens with one attached hydrogen (secondary N) is 1. The SMILES string of the molecule is CN(C)CC1CSCCCN1C(=O)c1ccc2[nH]ccc2c1. The monoisotopic (exact) mass is 317 g/mol. The van der Waals surface area contributed by atoms with E-state index in [4.69, 9.17) is 0 Å². The number of aromatic amines is 1. The minimum absolute atomic E-state index is 0.164. The van der Waals surface area contributed by atoms with Gasteiger partial charge in [0.1, 0.15) is 0 Å². The number of benzene rings is 1. The normalized spacial score (nSPS) is 19.6. The number of amides is 1. The Bertz CT molecular complexity index is 652. The highest BCUT2D eigenvalue weighted by Gasteiger charge is 2.27. The lowest BCUT2D eigenvalue weighted by Crippen LogP contribution is -2.46. The Balaban J connectivity index is 1.86. The molecule has 0 radical (unpaired) electrons. The zero-order chi connectivity index (χ0) is 15.5. The third-order valence-corrected chi connectivity index (χ3v) is 5.27. The van der Waals surface area contributed by atoms with E-state index in [1.165, 1.54) is 0 Å². The van der Waals surface area contributed by atoms with E-state index in [-0.39, 0.29) is 11.9 Å². The van der Waals surface area contributed by atoms with Gasteiger partial charge in [0.15, 0.2) is 0 Å². The molecule has 118 valence electrons. The maximum absolute atomic E-state index is 13.0. The molecule has 22 heavy (non-hydrogen) atoms. The van der Waals surface area contributed by atoms with Crippen LogP contribution >= 0.6 is 11.8 Å². The van der Waals surface area contributed by atoms with Crippen molar-refractivity contribution in [1.82, 2.24) is 14.8 Å². The number of hydrogen-bond donors (Lipinski definition) is 1. The second-order valence-corrected chi connectivity index (χ2v) is 7.27. The predicted octanol–water partition coefficient (Wildman–Crippen LogP) is 2.68. The Kier molecular flexibility index (Phi) is 4.74. The van der Waals surface area contributed by atoms with E-state index < -0.39 is 0 Å². The fraction of sp³-hybridized carbons (Fsp3) is 0.471. The molecule has 2 heterocycles. The number of hydrogen-bond acceptors (Lipinski definition) is 3. The van der Waals surface area contributed by atoms with E-state index >= 15 is 0 Å². The Morgan fingerprint density at radius 3 is 3.09 bits per heavy atom. The largest absolute Gasteiger partial charge is 0.361 e. The second kappa shape index (κ2) is 6.75. The molecule has 1 N–H and O–H groups in total. The Labute approximate surface area is 135 Å². The number of thioether (sulfide) groups is 1. The Hall–Kier alpha value is -1.46.